The Labute approximate surface area is 188 Å². The molecule has 0 radical (unpaired) electrons. The van der Waals surface area contributed by atoms with Gasteiger partial charge >= 0.3 is 0 Å². The summed E-state index contributed by atoms with van der Waals surface area (Å²) >= 11 is 1.24. The highest BCUT2D eigenvalue weighted by Gasteiger charge is 2.20. The monoisotopic (exact) mass is 452 g/mol. The summed E-state index contributed by atoms with van der Waals surface area (Å²) in [6.07, 6.45) is 1.88. The molecule has 0 fully saturated rings. The summed E-state index contributed by atoms with van der Waals surface area (Å²) in [5.74, 6) is 0.806. The van der Waals surface area contributed by atoms with E-state index in [1.807, 2.05) is 49.1 Å². The Morgan fingerprint density at radius 1 is 1.16 bits per heavy atom. The summed E-state index contributed by atoms with van der Waals surface area (Å²) in [4.78, 5) is 12.3. The number of aryl methyl sites for hydroxylation is 1. The smallest absolute Gasteiger partial charge is 0.234 e. The van der Waals surface area contributed by atoms with Crippen LogP contribution in [0.2, 0.25) is 0 Å². The van der Waals surface area contributed by atoms with Gasteiger partial charge in [0.25, 0.3) is 0 Å². The molecule has 0 spiro atoms. The van der Waals surface area contributed by atoms with Crippen LogP contribution in [0.25, 0.3) is 22.6 Å². The first-order valence-electron chi connectivity index (χ1n) is 9.70. The van der Waals surface area contributed by atoms with Gasteiger partial charge in [0.2, 0.25) is 5.91 Å². The molecule has 1 amide bonds. The van der Waals surface area contributed by atoms with Crippen LogP contribution in [0, 0.1) is 5.82 Å². The lowest BCUT2D eigenvalue weighted by atomic mass is 10.1. The van der Waals surface area contributed by atoms with E-state index >= 15 is 0 Å². The largest absolute Gasteiger partial charge is 0.497 e. The third kappa shape index (κ3) is 4.65. The van der Waals surface area contributed by atoms with E-state index in [0.29, 0.717) is 16.7 Å². The number of carbonyl (C=O) groups excluding carboxylic acids is 1. The number of halogens is 1. The van der Waals surface area contributed by atoms with Gasteiger partial charge in [0.15, 0.2) is 11.0 Å². The number of nitrogens with zero attached hydrogens (tertiary/aromatic N) is 5. The number of thioether (sulfide) groups is 1. The van der Waals surface area contributed by atoms with E-state index < -0.39 is 5.82 Å². The topological polar surface area (TPSA) is 86.9 Å². The van der Waals surface area contributed by atoms with Gasteiger partial charge in [-0.1, -0.05) is 30.0 Å². The lowest BCUT2D eigenvalue weighted by Gasteiger charge is -2.06. The molecule has 4 aromatic rings. The van der Waals surface area contributed by atoms with E-state index in [9.17, 15) is 9.18 Å². The van der Waals surface area contributed by atoms with Crippen molar-refractivity contribution < 1.29 is 13.9 Å². The Hall–Kier alpha value is -3.66. The Morgan fingerprint density at radius 3 is 2.75 bits per heavy atom. The van der Waals surface area contributed by atoms with E-state index in [-0.39, 0.29) is 11.7 Å². The maximum absolute atomic E-state index is 13.3. The molecule has 2 aromatic carbocycles. The molecule has 0 saturated carbocycles. The summed E-state index contributed by atoms with van der Waals surface area (Å²) in [6.45, 7) is 0. The number of hydrogen-bond acceptors (Lipinski definition) is 6. The fraction of sp³-hybridized carbons (Fsp3) is 0.182. The molecule has 0 aliphatic rings. The predicted octanol–water partition coefficient (Wildman–Crippen LogP) is 3.76. The van der Waals surface area contributed by atoms with Crippen molar-refractivity contribution in [3.8, 4) is 28.4 Å². The van der Waals surface area contributed by atoms with Crippen LogP contribution in [0.5, 0.6) is 5.75 Å². The third-order valence-electron chi connectivity index (χ3n) is 4.69. The first-order chi connectivity index (χ1) is 15.4. The molecule has 0 bridgehead atoms. The second-order valence-corrected chi connectivity index (χ2v) is 7.95. The number of rotatable bonds is 7. The number of ether oxygens (including phenoxy) is 1. The van der Waals surface area contributed by atoms with Crippen molar-refractivity contribution in [3.05, 3.63) is 60.5 Å². The summed E-state index contributed by atoms with van der Waals surface area (Å²) < 4.78 is 22.2. The van der Waals surface area contributed by atoms with Gasteiger partial charge < -0.3 is 14.6 Å². The number of amides is 1. The molecule has 8 nitrogen and oxygen atoms in total. The zero-order valence-electron chi connectivity index (χ0n) is 17.7. The lowest BCUT2D eigenvalue weighted by Crippen LogP contribution is -2.14. The second kappa shape index (κ2) is 9.23. The van der Waals surface area contributed by atoms with Crippen molar-refractivity contribution in [2.75, 3.05) is 18.2 Å². The van der Waals surface area contributed by atoms with E-state index in [4.69, 9.17) is 4.74 Å². The number of benzene rings is 2. The zero-order valence-corrected chi connectivity index (χ0v) is 18.6. The molecular formula is C22H21FN6O2S. The number of aromatic nitrogens is 5. The average molecular weight is 453 g/mol. The van der Waals surface area contributed by atoms with Gasteiger partial charge in [0, 0.05) is 31.5 Å². The molecule has 0 aliphatic carbocycles. The molecule has 0 aliphatic heterocycles. The van der Waals surface area contributed by atoms with E-state index in [2.05, 4.69) is 20.6 Å². The minimum atomic E-state index is -0.406. The van der Waals surface area contributed by atoms with Crippen LogP contribution in [0.3, 0.4) is 0 Å². The van der Waals surface area contributed by atoms with Crippen molar-refractivity contribution >= 4 is 23.4 Å². The van der Waals surface area contributed by atoms with E-state index in [1.165, 1.54) is 23.9 Å². The summed E-state index contributed by atoms with van der Waals surface area (Å²) in [5.41, 5.74) is 2.87. The standard InChI is InChI=1S/C22H21FN6O2S/c1-28-12-18(20(27-28)14-6-4-9-17(10-14)31-3)21-25-26-22(29(21)2)32-13-19(30)24-16-8-5-7-15(23)11-16/h4-12H,13H2,1-3H3,(H,24,30). The number of anilines is 1. The van der Waals surface area contributed by atoms with E-state index in [1.54, 1.807) is 23.9 Å². The van der Waals surface area contributed by atoms with Crippen LogP contribution >= 0.6 is 11.8 Å². The SMILES string of the molecule is COc1cccc(-c2nn(C)cc2-c2nnc(SCC(=O)Nc3cccc(F)c3)n2C)c1. The van der Waals surface area contributed by atoms with Crippen LogP contribution in [-0.4, -0.2) is 43.3 Å². The van der Waals surface area contributed by atoms with Crippen molar-refractivity contribution in [2.45, 2.75) is 5.16 Å². The second-order valence-electron chi connectivity index (χ2n) is 7.01. The number of nitrogens with one attached hydrogen (secondary N) is 1. The fourth-order valence-corrected chi connectivity index (χ4v) is 3.92. The van der Waals surface area contributed by atoms with Crippen LogP contribution < -0.4 is 10.1 Å². The summed E-state index contributed by atoms with van der Waals surface area (Å²) in [5, 5.41) is 16.4. The minimum absolute atomic E-state index is 0.109. The van der Waals surface area contributed by atoms with Gasteiger partial charge in [-0.25, -0.2) is 4.39 Å². The molecule has 0 saturated heterocycles. The van der Waals surface area contributed by atoms with Gasteiger partial charge in [-0.2, -0.15) is 5.10 Å². The maximum Gasteiger partial charge on any atom is 0.234 e. The molecule has 1 N–H and O–H groups in total. The van der Waals surface area contributed by atoms with Crippen molar-refractivity contribution in [2.24, 2.45) is 14.1 Å². The maximum atomic E-state index is 13.3. The van der Waals surface area contributed by atoms with Crippen molar-refractivity contribution in [3.63, 3.8) is 0 Å². The normalized spacial score (nSPS) is 10.9. The van der Waals surface area contributed by atoms with Gasteiger partial charge in [-0.3, -0.25) is 9.48 Å². The minimum Gasteiger partial charge on any atom is -0.497 e. The van der Waals surface area contributed by atoms with Gasteiger partial charge in [0.1, 0.15) is 17.3 Å². The highest BCUT2D eigenvalue weighted by atomic mass is 32.2. The van der Waals surface area contributed by atoms with Gasteiger partial charge in [-0.05, 0) is 30.3 Å². The Bertz CT molecular complexity index is 1270. The number of carbonyl (C=O) groups is 1. The van der Waals surface area contributed by atoms with Crippen LogP contribution in [-0.2, 0) is 18.9 Å². The molecule has 32 heavy (non-hydrogen) atoms. The first-order valence-corrected chi connectivity index (χ1v) is 10.7. The molecule has 10 heteroatoms. The summed E-state index contributed by atoms with van der Waals surface area (Å²) in [7, 11) is 5.30. The predicted molar refractivity (Wildman–Crippen MR) is 121 cm³/mol. The highest BCUT2D eigenvalue weighted by molar-refractivity contribution is 7.99. The van der Waals surface area contributed by atoms with Gasteiger partial charge in [-0.15, -0.1) is 10.2 Å². The number of methoxy groups -OCH3 is 1. The van der Waals surface area contributed by atoms with E-state index in [0.717, 1.165) is 22.6 Å². The molecule has 0 unspecified atom stereocenters. The molecule has 4 rings (SSSR count). The third-order valence-corrected chi connectivity index (χ3v) is 5.71. The van der Waals surface area contributed by atoms with Gasteiger partial charge in [0.05, 0.1) is 18.4 Å². The van der Waals surface area contributed by atoms with Crippen molar-refractivity contribution in [1.29, 1.82) is 0 Å². The number of hydrogen-bond donors (Lipinski definition) is 1. The molecule has 164 valence electrons. The fourth-order valence-electron chi connectivity index (χ4n) is 3.20. The lowest BCUT2D eigenvalue weighted by molar-refractivity contribution is -0.113. The Balaban J connectivity index is 1.53. The molecular weight excluding hydrogens is 431 g/mol. The summed E-state index contributed by atoms with van der Waals surface area (Å²) in [6, 6.07) is 13.4. The molecule has 2 heterocycles. The zero-order chi connectivity index (χ0) is 22.7. The molecule has 0 atom stereocenters. The first kappa shape index (κ1) is 21.6. The quantitative estimate of drug-likeness (QED) is 0.430. The Kier molecular flexibility index (Phi) is 6.22. The highest BCUT2D eigenvalue weighted by Crippen LogP contribution is 2.32. The van der Waals surface area contributed by atoms with Crippen LogP contribution in [0.4, 0.5) is 10.1 Å². The van der Waals surface area contributed by atoms with Crippen molar-refractivity contribution in [1.82, 2.24) is 24.5 Å². The Morgan fingerprint density at radius 2 is 1.97 bits per heavy atom. The average Bonchev–Trinajstić information content (AvgIpc) is 3.34. The van der Waals surface area contributed by atoms with Crippen LogP contribution in [0.15, 0.2) is 59.9 Å². The van der Waals surface area contributed by atoms with Crippen LogP contribution in [0.1, 0.15) is 0 Å². The molecule has 2 aromatic heterocycles.